The molecule has 1 aromatic carbocycles. The molecule has 0 spiro atoms. The first-order chi connectivity index (χ1) is 13.5. The van der Waals surface area contributed by atoms with Gasteiger partial charge in [-0.25, -0.2) is 4.99 Å². The lowest BCUT2D eigenvalue weighted by molar-refractivity contribution is -0.130. The van der Waals surface area contributed by atoms with Crippen molar-refractivity contribution in [3.63, 3.8) is 0 Å². The Morgan fingerprint density at radius 1 is 1.18 bits per heavy atom. The van der Waals surface area contributed by atoms with Crippen LogP contribution in [0, 0.1) is 0 Å². The Kier molecular flexibility index (Phi) is 8.47. The molecule has 2 rings (SSSR count). The summed E-state index contributed by atoms with van der Waals surface area (Å²) in [5.41, 5.74) is 0.0932. The average molecular weight is 403 g/mol. The Bertz CT molecular complexity index is 745. The van der Waals surface area contributed by atoms with Crippen molar-refractivity contribution >= 4 is 23.2 Å². The molecule has 0 aliphatic heterocycles. The molecule has 0 radical (unpaired) electrons. The SMILES string of the molecule is CCNC(=NCC(=O)N(CC)Cc1ccccc1)NCC(C)(O)c1cccs1. The van der Waals surface area contributed by atoms with Crippen LogP contribution in [0.4, 0.5) is 0 Å². The Hall–Kier alpha value is -2.38. The van der Waals surface area contributed by atoms with Gasteiger partial charge in [-0.15, -0.1) is 11.3 Å². The van der Waals surface area contributed by atoms with Gasteiger partial charge in [0.2, 0.25) is 5.91 Å². The van der Waals surface area contributed by atoms with Crippen LogP contribution in [-0.2, 0) is 16.9 Å². The van der Waals surface area contributed by atoms with Gasteiger partial charge in [0.25, 0.3) is 0 Å². The van der Waals surface area contributed by atoms with Crippen molar-refractivity contribution in [1.82, 2.24) is 15.5 Å². The van der Waals surface area contributed by atoms with Gasteiger partial charge in [-0.2, -0.15) is 0 Å². The molecule has 0 aliphatic carbocycles. The highest BCUT2D eigenvalue weighted by Gasteiger charge is 2.24. The van der Waals surface area contributed by atoms with E-state index < -0.39 is 5.60 Å². The van der Waals surface area contributed by atoms with E-state index >= 15 is 0 Å². The van der Waals surface area contributed by atoms with Gasteiger partial charge < -0.3 is 20.6 Å². The lowest BCUT2D eigenvalue weighted by Gasteiger charge is -2.24. The van der Waals surface area contributed by atoms with Crippen LogP contribution in [-0.4, -0.2) is 48.1 Å². The third-order valence-electron chi connectivity index (χ3n) is 4.32. The molecule has 7 heteroatoms. The van der Waals surface area contributed by atoms with Crippen LogP contribution in [0.1, 0.15) is 31.2 Å². The smallest absolute Gasteiger partial charge is 0.244 e. The monoisotopic (exact) mass is 402 g/mol. The Labute approximate surface area is 171 Å². The van der Waals surface area contributed by atoms with Crippen LogP contribution in [0.2, 0.25) is 0 Å². The number of aliphatic imine (C=N–C) groups is 1. The van der Waals surface area contributed by atoms with Crippen LogP contribution >= 0.6 is 11.3 Å². The first kappa shape index (κ1) is 21.9. The van der Waals surface area contributed by atoms with Crippen molar-refractivity contribution in [3.8, 4) is 0 Å². The van der Waals surface area contributed by atoms with Gasteiger partial charge in [-0.05, 0) is 37.8 Å². The summed E-state index contributed by atoms with van der Waals surface area (Å²) in [5, 5.41) is 18.8. The van der Waals surface area contributed by atoms with Crippen molar-refractivity contribution in [3.05, 3.63) is 58.3 Å². The summed E-state index contributed by atoms with van der Waals surface area (Å²) in [6.45, 7) is 7.91. The molecule has 1 unspecified atom stereocenters. The zero-order chi connectivity index (χ0) is 20.4. The second-order valence-electron chi connectivity index (χ2n) is 6.69. The van der Waals surface area contributed by atoms with Crippen molar-refractivity contribution in [2.75, 3.05) is 26.2 Å². The largest absolute Gasteiger partial charge is 0.383 e. The molecule has 2 aromatic rings. The highest BCUT2D eigenvalue weighted by Crippen LogP contribution is 2.24. The van der Waals surface area contributed by atoms with Crippen LogP contribution in [0.5, 0.6) is 0 Å². The fraction of sp³-hybridized carbons (Fsp3) is 0.429. The van der Waals surface area contributed by atoms with Gasteiger partial charge in [-0.1, -0.05) is 36.4 Å². The van der Waals surface area contributed by atoms with Crippen molar-refractivity contribution in [1.29, 1.82) is 0 Å². The minimum absolute atomic E-state index is 0.0337. The number of guanidine groups is 1. The first-order valence-electron chi connectivity index (χ1n) is 9.56. The van der Waals surface area contributed by atoms with Crippen LogP contribution < -0.4 is 10.6 Å². The van der Waals surface area contributed by atoms with Crippen molar-refractivity contribution in [2.24, 2.45) is 4.99 Å². The van der Waals surface area contributed by atoms with Crippen LogP contribution in [0.15, 0.2) is 52.8 Å². The van der Waals surface area contributed by atoms with E-state index in [1.165, 1.54) is 11.3 Å². The molecule has 0 saturated carbocycles. The molecule has 0 bridgehead atoms. The third-order valence-corrected chi connectivity index (χ3v) is 5.44. The van der Waals surface area contributed by atoms with Crippen molar-refractivity contribution < 1.29 is 9.90 Å². The van der Waals surface area contributed by atoms with E-state index in [0.29, 0.717) is 32.1 Å². The Morgan fingerprint density at radius 3 is 2.54 bits per heavy atom. The molecule has 0 saturated heterocycles. The predicted octanol–water partition coefficient (Wildman–Crippen LogP) is 2.56. The molecule has 0 aliphatic rings. The first-order valence-corrected chi connectivity index (χ1v) is 10.4. The predicted molar refractivity (Wildman–Crippen MR) is 115 cm³/mol. The molecular formula is C21H30N4O2S. The summed E-state index contributed by atoms with van der Waals surface area (Å²) in [7, 11) is 0. The van der Waals surface area contributed by atoms with E-state index in [0.717, 1.165) is 10.4 Å². The summed E-state index contributed by atoms with van der Waals surface area (Å²) < 4.78 is 0. The number of likely N-dealkylation sites (N-methyl/N-ethyl adjacent to an activating group) is 1. The molecule has 1 aromatic heterocycles. The fourth-order valence-corrected chi connectivity index (χ4v) is 3.48. The molecule has 28 heavy (non-hydrogen) atoms. The van der Waals surface area contributed by atoms with E-state index in [-0.39, 0.29) is 12.5 Å². The number of thiophene rings is 1. The number of carbonyl (C=O) groups excluding carboxylic acids is 1. The summed E-state index contributed by atoms with van der Waals surface area (Å²) in [4.78, 5) is 19.7. The number of amides is 1. The number of nitrogens with one attached hydrogen (secondary N) is 2. The lowest BCUT2D eigenvalue weighted by atomic mass is 10.1. The maximum atomic E-state index is 12.6. The summed E-state index contributed by atoms with van der Waals surface area (Å²) >= 11 is 1.51. The minimum atomic E-state index is -1.00. The number of hydrogen-bond acceptors (Lipinski definition) is 4. The maximum absolute atomic E-state index is 12.6. The van der Waals surface area contributed by atoms with E-state index in [4.69, 9.17) is 0 Å². The minimum Gasteiger partial charge on any atom is -0.383 e. The highest BCUT2D eigenvalue weighted by atomic mass is 32.1. The van der Waals surface area contributed by atoms with E-state index in [1.807, 2.05) is 61.7 Å². The molecule has 3 N–H and O–H groups in total. The number of carbonyl (C=O) groups is 1. The van der Waals surface area contributed by atoms with Gasteiger partial charge in [-0.3, -0.25) is 4.79 Å². The quantitative estimate of drug-likeness (QED) is 0.445. The van der Waals surface area contributed by atoms with Crippen LogP contribution in [0.25, 0.3) is 0 Å². The maximum Gasteiger partial charge on any atom is 0.244 e. The summed E-state index contributed by atoms with van der Waals surface area (Å²) in [6, 6.07) is 13.7. The van der Waals surface area contributed by atoms with Crippen molar-refractivity contribution in [2.45, 2.75) is 32.9 Å². The standard InChI is InChI=1S/C21H30N4O2S/c1-4-22-20(24-16-21(3,27)18-12-9-13-28-18)23-14-19(26)25(5-2)15-17-10-7-6-8-11-17/h6-13,27H,4-5,14-16H2,1-3H3,(H2,22,23,24). The molecule has 1 heterocycles. The number of rotatable bonds is 9. The summed E-state index contributed by atoms with van der Waals surface area (Å²) in [5.74, 6) is 0.483. The number of aliphatic hydroxyl groups is 1. The lowest BCUT2D eigenvalue weighted by Crippen LogP contribution is -2.45. The molecule has 1 amide bonds. The number of nitrogens with zero attached hydrogens (tertiary/aromatic N) is 2. The number of hydrogen-bond donors (Lipinski definition) is 3. The normalized spacial score (nSPS) is 13.6. The molecule has 1 atom stereocenters. The molecule has 152 valence electrons. The second-order valence-corrected chi connectivity index (χ2v) is 7.64. The van der Waals surface area contributed by atoms with E-state index in [9.17, 15) is 9.90 Å². The topological polar surface area (TPSA) is 77.0 Å². The van der Waals surface area contributed by atoms with E-state index in [2.05, 4.69) is 15.6 Å². The van der Waals surface area contributed by atoms with Gasteiger partial charge in [0.15, 0.2) is 5.96 Å². The van der Waals surface area contributed by atoms with Gasteiger partial charge in [0.05, 0.1) is 6.54 Å². The second kappa shape index (κ2) is 10.8. The molecular weight excluding hydrogens is 372 g/mol. The zero-order valence-electron chi connectivity index (χ0n) is 16.8. The Morgan fingerprint density at radius 2 is 1.93 bits per heavy atom. The molecule has 6 nitrogen and oxygen atoms in total. The zero-order valence-corrected chi connectivity index (χ0v) is 17.6. The third kappa shape index (κ3) is 6.65. The highest BCUT2D eigenvalue weighted by molar-refractivity contribution is 7.10. The summed E-state index contributed by atoms with van der Waals surface area (Å²) in [6.07, 6.45) is 0. The Balaban J connectivity index is 1.95. The fourth-order valence-electron chi connectivity index (χ4n) is 2.70. The number of benzene rings is 1. The van der Waals surface area contributed by atoms with Gasteiger partial charge in [0.1, 0.15) is 12.1 Å². The van der Waals surface area contributed by atoms with Gasteiger partial charge >= 0.3 is 0 Å². The van der Waals surface area contributed by atoms with E-state index in [1.54, 1.807) is 11.8 Å². The molecule has 0 fully saturated rings. The average Bonchev–Trinajstić information content (AvgIpc) is 3.24. The van der Waals surface area contributed by atoms with Crippen LogP contribution in [0.3, 0.4) is 0 Å². The van der Waals surface area contributed by atoms with Gasteiger partial charge in [0, 0.05) is 24.5 Å².